The number of halogens is 1. The quantitative estimate of drug-likeness (QED) is 0.620. The topological polar surface area (TPSA) is 84.2 Å². The molecular weight excluding hydrogens is 462 g/mol. The first-order valence-electron chi connectivity index (χ1n) is 9.52. The second-order valence-corrected chi connectivity index (χ2v) is 7.93. The second kappa shape index (κ2) is 8.39. The van der Waals surface area contributed by atoms with Crippen LogP contribution in [0.3, 0.4) is 0 Å². The lowest BCUT2D eigenvalue weighted by Gasteiger charge is -2.23. The molecule has 0 spiro atoms. The first-order valence-corrected chi connectivity index (χ1v) is 10.3. The lowest BCUT2D eigenvalue weighted by molar-refractivity contribution is -0.114. The molecule has 2 aliphatic heterocycles. The van der Waals surface area contributed by atoms with Crippen LogP contribution in [0.1, 0.15) is 23.6 Å². The van der Waals surface area contributed by atoms with Crippen molar-refractivity contribution in [1.29, 1.82) is 5.41 Å². The van der Waals surface area contributed by atoms with Crippen LogP contribution in [0.25, 0.3) is 6.08 Å². The number of methoxy groups -OCH3 is 1. The number of amides is 1. The Hall–Kier alpha value is -3.39. The molecule has 2 aromatic rings. The number of rotatable bonds is 5. The van der Waals surface area contributed by atoms with E-state index in [1.165, 1.54) is 5.06 Å². The van der Waals surface area contributed by atoms with Crippen LogP contribution >= 0.6 is 15.9 Å². The van der Waals surface area contributed by atoms with E-state index >= 15 is 0 Å². The van der Waals surface area contributed by atoms with E-state index in [1.54, 1.807) is 38.3 Å². The average Bonchev–Trinajstić information content (AvgIpc) is 3.11. The highest BCUT2D eigenvalue weighted by molar-refractivity contribution is 9.10. The van der Waals surface area contributed by atoms with Crippen LogP contribution in [-0.2, 0) is 16.2 Å². The number of carbonyl (C=O) groups is 1. The zero-order valence-corrected chi connectivity index (χ0v) is 18.8. The third-order valence-electron chi connectivity index (χ3n) is 4.88. The average molecular weight is 482 g/mol. The highest BCUT2D eigenvalue weighted by atomic mass is 79.9. The lowest BCUT2D eigenvalue weighted by Crippen LogP contribution is -2.38. The Balaban J connectivity index is 1.62. The Labute approximate surface area is 188 Å². The summed E-state index contributed by atoms with van der Waals surface area (Å²) in [5.74, 6) is 1.36. The van der Waals surface area contributed by atoms with Gasteiger partial charge < -0.3 is 14.3 Å². The third kappa shape index (κ3) is 4.11. The van der Waals surface area contributed by atoms with Gasteiger partial charge in [-0.05, 0) is 64.7 Å². The fraction of sp³-hybridized carbons (Fsp3) is 0.174. The van der Waals surface area contributed by atoms with Gasteiger partial charge in [-0.1, -0.05) is 24.3 Å². The Kier molecular flexibility index (Phi) is 5.65. The Bertz CT molecular complexity index is 1180. The van der Waals surface area contributed by atoms with Crippen molar-refractivity contribution >= 4 is 39.6 Å². The first kappa shape index (κ1) is 20.9. The highest BCUT2D eigenvalue weighted by Gasteiger charge is 2.34. The van der Waals surface area contributed by atoms with Gasteiger partial charge in [-0.3, -0.25) is 10.2 Å². The van der Waals surface area contributed by atoms with Gasteiger partial charge in [-0.15, -0.1) is 5.06 Å². The maximum atomic E-state index is 12.5. The number of nitrogens with zero attached hydrogens (tertiary/aromatic N) is 2. The molecule has 1 amide bonds. The summed E-state index contributed by atoms with van der Waals surface area (Å²) in [4.78, 5) is 21.9. The molecule has 0 atom stereocenters. The number of nitrogens with one attached hydrogen (secondary N) is 1. The maximum Gasteiger partial charge on any atom is 0.282 e. The van der Waals surface area contributed by atoms with Crippen molar-refractivity contribution in [2.45, 2.75) is 20.5 Å². The molecule has 0 aliphatic carbocycles. The minimum absolute atomic E-state index is 0.0712. The van der Waals surface area contributed by atoms with Gasteiger partial charge in [0, 0.05) is 6.08 Å². The van der Waals surface area contributed by atoms with Crippen LogP contribution in [0.4, 0.5) is 0 Å². The number of amidine groups is 2. The van der Waals surface area contributed by atoms with Crippen molar-refractivity contribution in [1.82, 2.24) is 5.06 Å². The van der Waals surface area contributed by atoms with Crippen molar-refractivity contribution in [3.8, 4) is 11.5 Å². The molecular formula is C23H20BrN3O4. The second-order valence-electron chi connectivity index (χ2n) is 7.07. The van der Waals surface area contributed by atoms with E-state index in [9.17, 15) is 4.79 Å². The molecule has 0 bridgehead atoms. The van der Waals surface area contributed by atoms with E-state index in [-0.39, 0.29) is 11.4 Å². The third-order valence-corrected chi connectivity index (χ3v) is 5.47. The maximum absolute atomic E-state index is 12.5. The van der Waals surface area contributed by atoms with Crippen molar-refractivity contribution in [3.05, 3.63) is 75.0 Å². The summed E-state index contributed by atoms with van der Waals surface area (Å²) in [6.07, 6.45) is 3.20. The standard InChI is InChI=1S/C23H20BrN3O4/c1-13-6-4-5-7-16(13)12-30-21-18(24)10-15(11-19(21)29-3)9-17-22(25)27-20(26-23(17)28)8-14(2)31-27/h4-11,25H,12H2,1-3H3/b17-9-,25-22?. The largest absolute Gasteiger partial charge is 0.493 e. The summed E-state index contributed by atoms with van der Waals surface area (Å²) in [5.41, 5.74) is 2.99. The van der Waals surface area contributed by atoms with Crippen molar-refractivity contribution in [2.24, 2.45) is 4.99 Å². The van der Waals surface area contributed by atoms with E-state index in [1.807, 2.05) is 31.2 Å². The Morgan fingerprint density at radius 1 is 1.26 bits per heavy atom. The van der Waals surface area contributed by atoms with Crippen LogP contribution in [0.2, 0.25) is 0 Å². The van der Waals surface area contributed by atoms with Crippen molar-refractivity contribution in [3.63, 3.8) is 0 Å². The molecule has 0 radical (unpaired) electrons. The normalized spacial score (nSPS) is 16.6. The van der Waals surface area contributed by atoms with Crippen molar-refractivity contribution in [2.75, 3.05) is 7.11 Å². The molecule has 0 fully saturated rings. The molecule has 2 aliphatic rings. The van der Waals surface area contributed by atoms with E-state index < -0.39 is 5.91 Å². The van der Waals surface area contributed by atoms with Crippen LogP contribution in [0.15, 0.2) is 63.3 Å². The molecule has 0 aromatic heterocycles. The number of benzene rings is 2. The molecule has 2 heterocycles. The SMILES string of the molecule is COc1cc(/C=C2/C(=N)N3OC(C)=CC3=NC2=O)cc(Br)c1OCc1ccccc1C. The van der Waals surface area contributed by atoms with Gasteiger partial charge in [0.15, 0.2) is 23.2 Å². The van der Waals surface area contributed by atoms with Gasteiger partial charge in [-0.2, -0.15) is 4.99 Å². The number of allylic oxidation sites excluding steroid dienone is 1. The van der Waals surface area contributed by atoms with Gasteiger partial charge in [0.2, 0.25) is 0 Å². The first-order chi connectivity index (χ1) is 14.9. The number of hydrogen-bond acceptors (Lipinski definition) is 5. The Morgan fingerprint density at radius 2 is 2.03 bits per heavy atom. The monoisotopic (exact) mass is 481 g/mol. The molecule has 0 saturated carbocycles. The van der Waals surface area contributed by atoms with Gasteiger partial charge in [0.25, 0.3) is 5.91 Å². The summed E-state index contributed by atoms with van der Waals surface area (Å²) < 4.78 is 12.2. The molecule has 0 saturated heterocycles. The van der Waals surface area contributed by atoms with Gasteiger partial charge >= 0.3 is 0 Å². The minimum Gasteiger partial charge on any atom is -0.493 e. The number of fused-ring (bicyclic) bond motifs is 1. The number of aryl methyl sites for hydroxylation is 1. The minimum atomic E-state index is -0.499. The zero-order chi connectivity index (χ0) is 22.1. The van der Waals surface area contributed by atoms with E-state index in [2.05, 4.69) is 20.9 Å². The molecule has 4 rings (SSSR count). The van der Waals surface area contributed by atoms with Crippen LogP contribution in [0, 0.1) is 12.3 Å². The van der Waals surface area contributed by atoms with Crippen LogP contribution < -0.4 is 9.47 Å². The van der Waals surface area contributed by atoms with E-state index in [0.29, 0.717) is 39.7 Å². The number of hydroxylamine groups is 2. The number of aliphatic imine (C=N–C) groups is 1. The molecule has 1 N–H and O–H groups in total. The van der Waals surface area contributed by atoms with Gasteiger partial charge in [0.05, 0.1) is 17.2 Å². The zero-order valence-electron chi connectivity index (χ0n) is 17.2. The van der Waals surface area contributed by atoms with Gasteiger partial charge in [-0.25, -0.2) is 0 Å². The van der Waals surface area contributed by atoms with Crippen molar-refractivity contribution < 1.29 is 19.1 Å². The number of hydrogen-bond donors (Lipinski definition) is 1. The highest BCUT2D eigenvalue weighted by Crippen LogP contribution is 2.38. The fourth-order valence-electron chi connectivity index (χ4n) is 3.25. The van der Waals surface area contributed by atoms with Crippen LogP contribution in [-0.4, -0.2) is 29.8 Å². The molecule has 0 unspecified atom stereocenters. The van der Waals surface area contributed by atoms with E-state index in [0.717, 1.165) is 11.1 Å². The molecule has 8 heteroatoms. The summed E-state index contributed by atoms with van der Waals surface area (Å²) in [5, 5.41) is 9.58. The predicted molar refractivity (Wildman–Crippen MR) is 121 cm³/mol. The lowest BCUT2D eigenvalue weighted by atomic mass is 10.1. The summed E-state index contributed by atoms with van der Waals surface area (Å²) in [6, 6.07) is 11.6. The van der Waals surface area contributed by atoms with Gasteiger partial charge in [0.1, 0.15) is 12.4 Å². The Morgan fingerprint density at radius 3 is 2.77 bits per heavy atom. The summed E-state index contributed by atoms with van der Waals surface area (Å²) in [6.45, 7) is 4.16. The van der Waals surface area contributed by atoms with E-state index in [4.69, 9.17) is 19.7 Å². The molecule has 2 aromatic carbocycles. The summed E-state index contributed by atoms with van der Waals surface area (Å²) >= 11 is 3.54. The predicted octanol–water partition coefficient (Wildman–Crippen LogP) is 4.80. The molecule has 7 nitrogen and oxygen atoms in total. The fourth-order valence-corrected chi connectivity index (χ4v) is 3.83. The molecule has 31 heavy (non-hydrogen) atoms. The van der Waals surface area contributed by atoms with Crippen LogP contribution in [0.5, 0.6) is 11.5 Å². The number of carbonyl (C=O) groups excluding carboxylic acids is 1. The smallest absolute Gasteiger partial charge is 0.282 e. The summed E-state index contributed by atoms with van der Waals surface area (Å²) in [7, 11) is 1.55. The number of ether oxygens (including phenoxy) is 2. The molecule has 158 valence electrons.